The number of fused-ring (bicyclic) bond motifs is 1. The van der Waals surface area contributed by atoms with Crippen LogP contribution in [-0.4, -0.2) is 45.9 Å². The molecule has 2 heterocycles. The molecule has 0 saturated heterocycles. The third-order valence-electron chi connectivity index (χ3n) is 4.75. The molecular formula is C23H22N4O2. The molecule has 146 valence electrons. The summed E-state index contributed by atoms with van der Waals surface area (Å²) in [4.78, 5) is 33.8. The van der Waals surface area contributed by atoms with Crippen molar-refractivity contribution in [1.29, 1.82) is 0 Å². The Morgan fingerprint density at radius 2 is 1.90 bits per heavy atom. The minimum absolute atomic E-state index is 0.161. The number of hydrogen-bond acceptors (Lipinski definition) is 4. The number of carbonyl (C=O) groups excluding carboxylic acids is 1. The van der Waals surface area contributed by atoms with Crippen molar-refractivity contribution in [2.45, 2.75) is 6.42 Å². The number of carbonyl (C=O) groups is 1. The van der Waals surface area contributed by atoms with Crippen LogP contribution < -0.4 is 5.56 Å². The Kier molecular flexibility index (Phi) is 5.10. The number of nitrogens with zero attached hydrogens (tertiary/aromatic N) is 3. The molecule has 4 rings (SSSR count). The molecule has 1 N–H and O–H groups in total. The van der Waals surface area contributed by atoms with E-state index in [0.717, 1.165) is 22.4 Å². The van der Waals surface area contributed by atoms with Gasteiger partial charge in [0.25, 0.3) is 5.56 Å². The van der Waals surface area contributed by atoms with Crippen molar-refractivity contribution in [3.8, 4) is 16.8 Å². The first-order valence-electron chi connectivity index (χ1n) is 9.43. The maximum absolute atomic E-state index is 12.6. The highest BCUT2D eigenvalue weighted by Crippen LogP contribution is 2.30. The quantitative estimate of drug-likeness (QED) is 0.553. The summed E-state index contributed by atoms with van der Waals surface area (Å²) >= 11 is 0. The summed E-state index contributed by atoms with van der Waals surface area (Å²) < 4.78 is 1.86. The monoisotopic (exact) mass is 386 g/mol. The van der Waals surface area contributed by atoms with Crippen molar-refractivity contribution in [3.63, 3.8) is 0 Å². The molecule has 2 aromatic heterocycles. The third-order valence-corrected chi connectivity index (χ3v) is 4.75. The zero-order chi connectivity index (χ0) is 20.4. The van der Waals surface area contributed by atoms with Crippen LogP contribution in [0.2, 0.25) is 0 Å². The van der Waals surface area contributed by atoms with E-state index < -0.39 is 0 Å². The first kappa shape index (κ1) is 18.8. The normalized spacial score (nSPS) is 11.3. The number of hydrogen-bond donors (Lipinski definition) is 1. The van der Waals surface area contributed by atoms with Gasteiger partial charge in [0.1, 0.15) is 11.0 Å². The summed E-state index contributed by atoms with van der Waals surface area (Å²) in [5.41, 5.74) is 4.56. The van der Waals surface area contributed by atoms with Crippen LogP contribution in [0, 0.1) is 0 Å². The summed E-state index contributed by atoms with van der Waals surface area (Å²) in [5.74, 6) is 0.161. The molecule has 6 heteroatoms. The zero-order valence-corrected chi connectivity index (χ0v) is 16.4. The van der Waals surface area contributed by atoms with Gasteiger partial charge in [-0.1, -0.05) is 42.5 Å². The van der Waals surface area contributed by atoms with E-state index in [-0.39, 0.29) is 11.3 Å². The predicted octanol–water partition coefficient (Wildman–Crippen LogP) is 3.05. The highest BCUT2D eigenvalue weighted by molar-refractivity contribution is 5.94. The topological polar surface area (TPSA) is 71.0 Å². The van der Waals surface area contributed by atoms with Crippen LogP contribution in [0.25, 0.3) is 27.8 Å². The van der Waals surface area contributed by atoms with Crippen LogP contribution in [-0.2, 0) is 11.2 Å². The number of H-pyrrole nitrogens is 1. The molecule has 0 atom stereocenters. The van der Waals surface area contributed by atoms with E-state index >= 15 is 0 Å². The summed E-state index contributed by atoms with van der Waals surface area (Å²) in [5, 5.41) is 0. The summed E-state index contributed by atoms with van der Waals surface area (Å²) in [7, 11) is 3.77. The van der Waals surface area contributed by atoms with E-state index in [4.69, 9.17) is 0 Å². The van der Waals surface area contributed by atoms with Crippen LogP contribution in [0.5, 0.6) is 0 Å². The Labute approximate surface area is 168 Å². The number of likely N-dealkylation sites (N-methyl/N-ethyl adjacent to an activating group) is 1. The molecular weight excluding hydrogens is 364 g/mol. The second kappa shape index (κ2) is 7.85. The lowest BCUT2D eigenvalue weighted by Crippen LogP contribution is -2.22. The van der Waals surface area contributed by atoms with Crippen LogP contribution in [0.4, 0.5) is 0 Å². The Bertz CT molecular complexity index is 1220. The van der Waals surface area contributed by atoms with Crippen molar-refractivity contribution < 1.29 is 4.79 Å². The molecule has 4 aromatic rings. The van der Waals surface area contributed by atoms with E-state index in [1.165, 1.54) is 6.33 Å². The molecule has 2 aromatic carbocycles. The Morgan fingerprint density at radius 1 is 1.10 bits per heavy atom. The lowest BCUT2D eigenvalue weighted by atomic mass is 10.0. The molecule has 0 bridgehead atoms. The van der Waals surface area contributed by atoms with Crippen molar-refractivity contribution in [2.75, 3.05) is 20.6 Å². The molecule has 0 fully saturated rings. The smallest absolute Gasteiger partial charge is 0.275 e. The standard InChI is InChI=1S/C23H22N4O2/c1-26(2)13-19(28)12-16-7-6-8-17(11-16)20-14-27(18-9-4-3-5-10-18)22-21(20)24-15-25-23(22)29/h3-11,14-15H,12-13H2,1-2H3,(H,24,25,29). The maximum Gasteiger partial charge on any atom is 0.275 e. The van der Waals surface area contributed by atoms with Crippen LogP contribution in [0.15, 0.2) is 71.9 Å². The second-order valence-corrected chi connectivity index (χ2v) is 7.33. The molecule has 6 nitrogen and oxygen atoms in total. The fraction of sp³-hybridized carbons (Fsp3) is 0.174. The molecule has 0 aliphatic heterocycles. The van der Waals surface area contributed by atoms with Gasteiger partial charge in [0.15, 0.2) is 5.78 Å². The van der Waals surface area contributed by atoms with E-state index in [1.807, 2.05) is 84.4 Å². The van der Waals surface area contributed by atoms with E-state index in [9.17, 15) is 9.59 Å². The first-order valence-corrected chi connectivity index (χ1v) is 9.43. The third kappa shape index (κ3) is 3.88. The summed E-state index contributed by atoms with van der Waals surface area (Å²) in [6.45, 7) is 0.411. The van der Waals surface area contributed by atoms with Crippen molar-refractivity contribution in [2.24, 2.45) is 0 Å². The van der Waals surface area contributed by atoms with Gasteiger partial charge in [-0.25, -0.2) is 4.98 Å². The van der Waals surface area contributed by atoms with Crippen LogP contribution in [0.3, 0.4) is 0 Å². The van der Waals surface area contributed by atoms with Crippen LogP contribution >= 0.6 is 0 Å². The van der Waals surface area contributed by atoms with Gasteiger partial charge >= 0.3 is 0 Å². The molecule has 0 aliphatic rings. The van der Waals surface area contributed by atoms with E-state index in [0.29, 0.717) is 24.0 Å². The van der Waals surface area contributed by atoms with Gasteiger partial charge in [0.05, 0.1) is 12.9 Å². The molecule has 29 heavy (non-hydrogen) atoms. The number of rotatable bonds is 6. The van der Waals surface area contributed by atoms with Crippen LogP contribution in [0.1, 0.15) is 5.56 Å². The number of ketones is 1. The van der Waals surface area contributed by atoms with Gasteiger partial charge in [-0.3, -0.25) is 9.59 Å². The summed E-state index contributed by atoms with van der Waals surface area (Å²) in [6, 6.07) is 17.6. The Hall–Kier alpha value is -3.51. The number of nitrogens with one attached hydrogen (secondary N) is 1. The average molecular weight is 386 g/mol. The number of aromatic amines is 1. The molecule has 0 unspecified atom stereocenters. The number of benzene rings is 2. The largest absolute Gasteiger partial charge is 0.311 e. The highest BCUT2D eigenvalue weighted by atomic mass is 16.1. The van der Waals surface area contributed by atoms with Gasteiger partial charge in [-0.05, 0) is 37.4 Å². The zero-order valence-electron chi connectivity index (χ0n) is 16.4. The van der Waals surface area contributed by atoms with Crippen molar-refractivity contribution >= 4 is 16.8 Å². The average Bonchev–Trinajstić information content (AvgIpc) is 3.09. The molecule has 0 radical (unpaired) electrons. The lowest BCUT2D eigenvalue weighted by molar-refractivity contribution is -0.119. The predicted molar refractivity (Wildman–Crippen MR) is 114 cm³/mol. The fourth-order valence-electron chi connectivity index (χ4n) is 3.56. The van der Waals surface area contributed by atoms with Gasteiger partial charge in [0, 0.05) is 23.9 Å². The first-order chi connectivity index (χ1) is 14.0. The van der Waals surface area contributed by atoms with Gasteiger partial charge in [-0.15, -0.1) is 0 Å². The fourth-order valence-corrected chi connectivity index (χ4v) is 3.56. The maximum atomic E-state index is 12.6. The Morgan fingerprint density at radius 3 is 2.66 bits per heavy atom. The van der Waals surface area contributed by atoms with Crippen molar-refractivity contribution in [1.82, 2.24) is 19.4 Å². The highest BCUT2D eigenvalue weighted by Gasteiger charge is 2.16. The molecule has 0 aliphatic carbocycles. The van der Waals surface area contributed by atoms with Crippen molar-refractivity contribution in [3.05, 3.63) is 83.0 Å². The number of para-hydroxylation sites is 1. The number of aromatic nitrogens is 3. The minimum atomic E-state index is -0.192. The summed E-state index contributed by atoms with van der Waals surface area (Å²) in [6.07, 6.45) is 3.73. The second-order valence-electron chi connectivity index (χ2n) is 7.33. The van der Waals surface area contributed by atoms with Gasteiger partial charge < -0.3 is 14.5 Å². The SMILES string of the molecule is CN(C)CC(=O)Cc1cccc(-c2cn(-c3ccccc3)c3c(=O)[nH]cnc23)c1. The molecule has 0 spiro atoms. The van der Waals surface area contributed by atoms with E-state index in [1.54, 1.807) is 0 Å². The lowest BCUT2D eigenvalue weighted by Gasteiger charge is -2.09. The Balaban J connectivity index is 1.81. The molecule has 0 saturated carbocycles. The van der Waals surface area contributed by atoms with Gasteiger partial charge in [0.2, 0.25) is 0 Å². The van der Waals surface area contributed by atoms with Gasteiger partial charge in [-0.2, -0.15) is 0 Å². The van der Waals surface area contributed by atoms with E-state index in [2.05, 4.69) is 9.97 Å². The molecule has 0 amide bonds. The minimum Gasteiger partial charge on any atom is -0.311 e. The number of Topliss-reactive ketones (excluding diaryl/α,β-unsaturated/α-hetero) is 1.